The first-order valence-electron chi connectivity index (χ1n) is 10.2. The monoisotopic (exact) mass is 403 g/mol. The normalized spacial score (nSPS) is 20.1. The highest BCUT2D eigenvalue weighted by Gasteiger charge is 2.50. The van der Waals surface area contributed by atoms with E-state index in [9.17, 15) is 14.4 Å². The molecule has 2 aliphatic rings. The number of benzene rings is 2. The van der Waals surface area contributed by atoms with E-state index >= 15 is 0 Å². The molecule has 30 heavy (non-hydrogen) atoms. The lowest BCUT2D eigenvalue weighted by Crippen LogP contribution is -2.44. The van der Waals surface area contributed by atoms with Gasteiger partial charge in [-0.05, 0) is 55.0 Å². The van der Waals surface area contributed by atoms with E-state index in [0.29, 0.717) is 5.69 Å². The first kappa shape index (κ1) is 19.9. The number of carbonyl (C=O) groups is 3. The van der Waals surface area contributed by atoms with Crippen LogP contribution in [0.25, 0.3) is 0 Å². The van der Waals surface area contributed by atoms with Crippen LogP contribution in [-0.4, -0.2) is 35.8 Å². The predicted octanol–water partition coefficient (Wildman–Crippen LogP) is 3.16. The Morgan fingerprint density at radius 1 is 1.17 bits per heavy atom. The molecule has 0 aromatic heterocycles. The number of nitrogens with one attached hydrogen (secondary N) is 1. The third-order valence-corrected chi connectivity index (χ3v) is 5.92. The molecule has 4 amide bonds. The zero-order valence-electron chi connectivity index (χ0n) is 17.1. The molecule has 6 heteroatoms. The van der Waals surface area contributed by atoms with Crippen molar-refractivity contribution in [3.63, 3.8) is 0 Å². The number of amides is 4. The average Bonchev–Trinajstić information content (AvgIpc) is 3.31. The Hall–Kier alpha value is -3.41. The molecule has 1 N–H and O–H groups in total. The van der Waals surface area contributed by atoms with Crippen molar-refractivity contribution < 1.29 is 14.4 Å². The summed E-state index contributed by atoms with van der Waals surface area (Å²) in [7, 11) is 0. The van der Waals surface area contributed by atoms with E-state index < -0.39 is 17.5 Å². The van der Waals surface area contributed by atoms with Crippen LogP contribution < -0.4 is 10.2 Å². The van der Waals surface area contributed by atoms with Crippen LogP contribution >= 0.6 is 0 Å². The molecule has 1 fully saturated rings. The minimum absolute atomic E-state index is 0.286. The summed E-state index contributed by atoms with van der Waals surface area (Å²) in [6.45, 7) is 5.37. The molecule has 4 rings (SSSR count). The number of urea groups is 1. The molecule has 1 aliphatic carbocycles. The summed E-state index contributed by atoms with van der Waals surface area (Å²) in [4.78, 5) is 41.4. The van der Waals surface area contributed by atoms with Gasteiger partial charge < -0.3 is 10.2 Å². The Morgan fingerprint density at radius 2 is 1.90 bits per heavy atom. The minimum Gasteiger partial charge on any atom is -0.319 e. The zero-order valence-corrected chi connectivity index (χ0v) is 17.1. The second-order valence-electron chi connectivity index (χ2n) is 7.91. The molecule has 154 valence electrons. The number of carbonyl (C=O) groups excluding carboxylic acids is 3. The SMILES string of the molecule is C=CCN(C(=O)CN1C(=O)NC(C)(c2ccc3c(c2)CCC3)C1=O)c1ccccc1. The highest BCUT2D eigenvalue weighted by Crippen LogP contribution is 2.32. The number of fused-ring (bicyclic) bond motifs is 1. The Kier molecular flexibility index (Phi) is 5.16. The average molecular weight is 403 g/mol. The summed E-state index contributed by atoms with van der Waals surface area (Å²) >= 11 is 0. The van der Waals surface area contributed by atoms with Gasteiger partial charge in [0.05, 0.1) is 0 Å². The number of para-hydroxylation sites is 1. The second kappa shape index (κ2) is 7.78. The van der Waals surface area contributed by atoms with E-state index in [0.717, 1.165) is 29.7 Å². The van der Waals surface area contributed by atoms with Crippen molar-refractivity contribution in [1.82, 2.24) is 10.2 Å². The van der Waals surface area contributed by atoms with E-state index in [2.05, 4.69) is 11.9 Å². The van der Waals surface area contributed by atoms with Crippen LogP contribution in [0.15, 0.2) is 61.2 Å². The predicted molar refractivity (Wildman–Crippen MR) is 115 cm³/mol. The van der Waals surface area contributed by atoms with E-state index in [1.165, 1.54) is 16.0 Å². The van der Waals surface area contributed by atoms with Crippen LogP contribution in [-0.2, 0) is 28.0 Å². The van der Waals surface area contributed by atoms with Crippen molar-refractivity contribution in [2.45, 2.75) is 31.7 Å². The highest BCUT2D eigenvalue weighted by atomic mass is 16.2. The standard InChI is InChI=1S/C24H25N3O3/c1-3-14-26(20-10-5-4-6-11-20)21(28)16-27-22(29)24(2,25-23(27)30)19-13-12-17-8-7-9-18(17)15-19/h3-6,10-13,15H,1,7-9,14,16H2,2H3,(H,25,30). The van der Waals surface area contributed by atoms with Crippen molar-refractivity contribution in [2.24, 2.45) is 0 Å². The molecule has 0 spiro atoms. The van der Waals surface area contributed by atoms with Crippen LogP contribution in [0.1, 0.15) is 30.0 Å². The van der Waals surface area contributed by atoms with Gasteiger partial charge in [-0.2, -0.15) is 0 Å². The molecule has 1 unspecified atom stereocenters. The van der Waals surface area contributed by atoms with Crippen molar-refractivity contribution >= 4 is 23.5 Å². The number of anilines is 1. The molecular formula is C24H25N3O3. The van der Waals surface area contributed by atoms with Gasteiger partial charge in [0.2, 0.25) is 5.91 Å². The van der Waals surface area contributed by atoms with Gasteiger partial charge in [0, 0.05) is 12.2 Å². The number of imide groups is 1. The third-order valence-electron chi connectivity index (χ3n) is 5.92. The Morgan fingerprint density at radius 3 is 2.63 bits per heavy atom. The van der Waals surface area contributed by atoms with E-state index in [4.69, 9.17) is 0 Å². The Labute approximate surface area is 176 Å². The molecule has 2 aromatic rings. The lowest BCUT2D eigenvalue weighted by molar-refractivity contribution is -0.134. The topological polar surface area (TPSA) is 69.7 Å². The van der Waals surface area contributed by atoms with Crippen LogP contribution in [0.5, 0.6) is 0 Å². The van der Waals surface area contributed by atoms with Crippen molar-refractivity contribution in [3.05, 3.63) is 77.9 Å². The fourth-order valence-corrected chi connectivity index (χ4v) is 4.23. The molecule has 1 saturated heterocycles. The van der Waals surface area contributed by atoms with Crippen molar-refractivity contribution in [2.75, 3.05) is 18.0 Å². The van der Waals surface area contributed by atoms with Crippen LogP contribution in [0, 0.1) is 0 Å². The molecule has 0 saturated carbocycles. The smallest absolute Gasteiger partial charge is 0.319 e. The van der Waals surface area contributed by atoms with Crippen molar-refractivity contribution in [1.29, 1.82) is 0 Å². The van der Waals surface area contributed by atoms with Gasteiger partial charge in [0.25, 0.3) is 5.91 Å². The summed E-state index contributed by atoms with van der Waals surface area (Å²) in [6, 6.07) is 14.5. The lowest BCUT2D eigenvalue weighted by atomic mass is 9.89. The van der Waals surface area contributed by atoms with Gasteiger partial charge in [-0.3, -0.25) is 14.5 Å². The van der Waals surface area contributed by atoms with Gasteiger partial charge in [-0.15, -0.1) is 6.58 Å². The van der Waals surface area contributed by atoms with Gasteiger partial charge >= 0.3 is 6.03 Å². The first-order valence-corrected chi connectivity index (χ1v) is 10.2. The minimum atomic E-state index is -1.18. The molecule has 1 heterocycles. The lowest BCUT2D eigenvalue weighted by Gasteiger charge is -2.25. The number of hydrogen-bond acceptors (Lipinski definition) is 3. The van der Waals surface area contributed by atoms with E-state index in [1.54, 1.807) is 13.0 Å². The third kappa shape index (κ3) is 3.38. The summed E-state index contributed by atoms with van der Waals surface area (Å²) in [6.07, 6.45) is 4.75. The van der Waals surface area contributed by atoms with Gasteiger partial charge in [-0.1, -0.05) is 42.5 Å². The maximum absolute atomic E-state index is 13.2. The first-order chi connectivity index (χ1) is 14.4. The zero-order chi connectivity index (χ0) is 21.3. The molecular weight excluding hydrogens is 378 g/mol. The van der Waals surface area contributed by atoms with Gasteiger partial charge in [0.15, 0.2) is 0 Å². The summed E-state index contributed by atoms with van der Waals surface area (Å²) < 4.78 is 0. The Balaban J connectivity index is 1.56. The molecule has 0 bridgehead atoms. The fraction of sp³-hybridized carbons (Fsp3) is 0.292. The molecule has 0 radical (unpaired) electrons. The van der Waals surface area contributed by atoms with Crippen LogP contribution in [0.2, 0.25) is 0 Å². The van der Waals surface area contributed by atoms with Crippen LogP contribution in [0.3, 0.4) is 0 Å². The van der Waals surface area contributed by atoms with Gasteiger partial charge in [0.1, 0.15) is 12.1 Å². The quantitative estimate of drug-likeness (QED) is 0.595. The molecule has 6 nitrogen and oxygen atoms in total. The summed E-state index contributed by atoms with van der Waals surface area (Å²) in [5, 5.41) is 2.80. The summed E-state index contributed by atoms with van der Waals surface area (Å²) in [5.74, 6) is -0.756. The maximum atomic E-state index is 13.2. The number of hydrogen-bond donors (Lipinski definition) is 1. The summed E-state index contributed by atoms with van der Waals surface area (Å²) in [5.41, 5.74) is 2.80. The van der Waals surface area contributed by atoms with E-state index in [1.807, 2.05) is 48.5 Å². The molecule has 1 atom stereocenters. The largest absolute Gasteiger partial charge is 0.325 e. The fourth-order valence-electron chi connectivity index (χ4n) is 4.23. The van der Waals surface area contributed by atoms with Crippen LogP contribution in [0.4, 0.5) is 10.5 Å². The highest BCUT2D eigenvalue weighted by molar-refractivity contribution is 6.10. The number of aryl methyl sites for hydroxylation is 2. The van der Waals surface area contributed by atoms with E-state index in [-0.39, 0.29) is 19.0 Å². The second-order valence-corrected chi connectivity index (χ2v) is 7.91. The molecule has 1 aliphatic heterocycles. The number of rotatable bonds is 6. The Bertz CT molecular complexity index is 1020. The van der Waals surface area contributed by atoms with Gasteiger partial charge in [-0.25, -0.2) is 4.79 Å². The molecule has 2 aromatic carbocycles. The van der Waals surface area contributed by atoms with Crippen molar-refractivity contribution in [3.8, 4) is 0 Å². The number of nitrogens with zero attached hydrogens (tertiary/aromatic N) is 2. The maximum Gasteiger partial charge on any atom is 0.325 e.